The van der Waals surface area contributed by atoms with Crippen molar-refractivity contribution >= 4 is 57.4 Å². The molecule has 0 fully saturated rings. The number of nitrogens with zero attached hydrogens (tertiary/aromatic N) is 2. The normalized spacial score (nSPS) is 15.6. The van der Waals surface area contributed by atoms with E-state index in [0.717, 1.165) is 16.1 Å². The Morgan fingerprint density at radius 3 is 2.06 bits per heavy atom. The highest BCUT2D eigenvalue weighted by Gasteiger charge is 2.33. The van der Waals surface area contributed by atoms with E-state index in [9.17, 15) is 13.2 Å². The summed E-state index contributed by atoms with van der Waals surface area (Å²) in [4.78, 5) is 12.7. The standard InChI is InChI=1S/C22H17Cl2N3O3S.ClH/c23-17-8-6-16(7-9-17)21-20(15-4-2-1-3-5-15)14-27(25-21)22(28)26-31(29,30)19-12-10-18(24)11-13-19;/h1-13,20H,14H2,(H,26,28);1H. The molecule has 0 radical (unpaired) electrons. The van der Waals surface area contributed by atoms with Crippen molar-refractivity contribution in [2.75, 3.05) is 6.54 Å². The summed E-state index contributed by atoms with van der Waals surface area (Å²) in [5.41, 5.74) is 2.42. The molecule has 1 heterocycles. The maximum atomic E-state index is 12.8. The first-order chi connectivity index (χ1) is 14.8. The van der Waals surface area contributed by atoms with Crippen LogP contribution < -0.4 is 4.72 Å². The minimum atomic E-state index is -4.07. The van der Waals surface area contributed by atoms with Crippen molar-refractivity contribution in [3.8, 4) is 0 Å². The van der Waals surface area contributed by atoms with Gasteiger partial charge in [-0.1, -0.05) is 65.7 Å². The minimum absolute atomic E-state index is 0. The third-order valence-corrected chi connectivity index (χ3v) is 6.68. The van der Waals surface area contributed by atoms with Crippen molar-refractivity contribution in [2.24, 2.45) is 5.10 Å². The van der Waals surface area contributed by atoms with Crippen LogP contribution in [0.15, 0.2) is 88.9 Å². The molecule has 1 aliphatic rings. The number of carbonyl (C=O) groups excluding carboxylic acids is 1. The lowest BCUT2D eigenvalue weighted by molar-refractivity contribution is 0.210. The first-order valence-electron chi connectivity index (χ1n) is 9.33. The zero-order chi connectivity index (χ0) is 22.0. The SMILES string of the molecule is Cl.O=C(NS(=O)(=O)c1ccc(Cl)cc1)N1CC(c2ccccc2)C(c2ccc(Cl)cc2)=N1. The molecule has 0 aliphatic carbocycles. The second kappa shape index (κ2) is 9.92. The molecule has 1 aliphatic heterocycles. The van der Waals surface area contributed by atoms with Crippen LogP contribution >= 0.6 is 35.6 Å². The fourth-order valence-electron chi connectivity index (χ4n) is 3.30. The quantitative estimate of drug-likeness (QED) is 0.516. The maximum absolute atomic E-state index is 12.8. The molecule has 1 N–H and O–H groups in total. The van der Waals surface area contributed by atoms with Gasteiger partial charge in [0, 0.05) is 16.0 Å². The van der Waals surface area contributed by atoms with Crippen LogP contribution in [0.4, 0.5) is 4.79 Å². The number of urea groups is 1. The van der Waals surface area contributed by atoms with Gasteiger partial charge in [-0.25, -0.2) is 22.9 Å². The fourth-order valence-corrected chi connectivity index (χ4v) is 4.50. The Kier molecular flexibility index (Phi) is 7.46. The average molecular weight is 511 g/mol. The van der Waals surface area contributed by atoms with E-state index in [2.05, 4.69) is 9.82 Å². The van der Waals surface area contributed by atoms with E-state index in [1.165, 1.54) is 24.3 Å². The number of hydrogen-bond acceptors (Lipinski definition) is 4. The van der Waals surface area contributed by atoms with Gasteiger partial charge in [0.1, 0.15) is 0 Å². The van der Waals surface area contributed by atoms with E-state index in [0.29, 0.717) is 15.8 Å². The number of hydrazone groups is 1. The van der Waals surface area contributed by atoms with Crippen molar-refractivity contribution in [1.29, 1.82) is 0 Å². The lowest BCUT2D eigenvalue weighted by Crippen LogP contribution is -2.39. The molecule has 10 heteroatoms. The van der Waals surface area contributed by atoms with Crippen molar-refractivity contribution in [3.05, 3.63) is 100 Å². The molecule has 166 valence electrons. The zero-order valence-corrected chi connectivity index (χ0v) is 19.6. The highest BCUT2D eigenvalue weighted by molar-refractivity contribution is 7.90. The van der Waals surface area contributed by atoms with Gasteiger partial charge in [-0.2, -0.15) is 5.10 Å². The molecule has 4 rings (SSSR count). The highest BCUT2D eigenvalue weighted by atomic mass is 35.5. The summed E-state index contributed by atoms with van der Waals surface area (Å²) in [5, 5.41) is 6.56. The van der Waals surface area contributed by atoms with E-state index in [1.807, 2.05) is 42.5 Å². The van der Waals surface area contributed by atoms with Gasteiger partial charge in [0.05, 0.1) is 17.2 Å². The van der Waals surface area contributed by atoms with Crippen LogP contribution in [0.1, 0.15) is 17.0 Å². The van der Waals surface area contributed by atoms with E-state index in [-0.39, 0.29) is 29.8 Å². The Labute approximate surface area is 202 Å². The van der Waals surface area contributed by atoms with Crippen LogP contribution in [0, 0.1) is 0 Å². The fraction of sp³-hybridized carbons (Fsp3) is 0.0909. The lowest BCUT2D eigenvalue weighted by atomic mass is 9.91. The summed E-state index contributed by atoms with van der Waals surface area (Å²) >= 11 is 11.8. The van der Waals surface area contributed by atoms with E-state index in [4.69, 9.17) is 23.2 Å². The van der Waals surface area contributed by atoms with Gasteiger partial charge >= 0.3 is 6.03 Å². The zero-order valence-electron chi connectivity index (χ0n) is 16.5. The number of halogens is 3. The number of amides is 2. The van der Waals surface area contributed by atoms with Crippen molar-refractivity contribution in [2.45, 2.75) is 10.8 Å². The second-order valence-electron chi connectivity index (χ2n) is 6.90. The van der Waals surface area contributed by atoms with Gasteiger partial charge in [-0.3, -0.25) is 0 Å². The number of carbonyl (C=O) groups is 1. The lowest BCUT2D eigenvalue weighted by Gasteiger charge is -2.16. The number of sulfonamides is 1. The topological polar surface area (TPSA) is 78.8 Å². The summed E-state index contributed by atoms with van der Waals surface area (Å²) < 4.78 is 27.2. The largest absolute Gasteiger partial charge is 0.351 e. The Hall–Kier alpha value is -2.58. The molecule has 3 aromatic carbocycles. The van der Waals surface area contributed by atoms with Crippen LogP contribution in [0.5, 0.6) is 0 Å². The highest BCUT2D eigenvalue weighted by Crippen LogP contribution is 2.29. The molecule has 32 heavy (non-hydrogen) atoms. The van der Waals surface area contributed by atoms with Gasteiger partial charge in [-0.05, 0) is 47.5 Å². The Bertz CT molecular complexity index is 1230. The molecule has 1 unspecified atom stereocenters. The van der Waals surface area contributed by atoms with Crippen molar-refractivity contribution in [3.63, 3.8) is 0 Å². The second-order valence-corrected chi connectivity index (χ2v) is 9.46. The molecule has 0 saturated heterocycles. The number of nitrogens with one attached hydrogen (secondary N) is 1. The summed E-state index contributed by atoms with van der Waals surface area (Å²) in [5.74, 6) is -0.216. The number of benzene rings is 3. The molecule has 1 atom stereocenters. The van der Waals surface area contributed by atoms with Gasteiger partial charge in [0.15, 0.2) is 0 Å². The maximum Gasteiger partial charge on any atom is 0.351 e. The Morgan fingerprint density at radius 1 is 0.906 bits per heavy atom. The number of hydrogen-bond donors (Lipinski definition) is 1. The van der Waals surface area contributed by atoms with E-state index in [1.54, 1.807) is 12.1 Å². The van der Waals surface area contributed by atoms with Gasteiger partial charge in [0.2, 0.25) is 0 Å². The molecule has 0 bridgehead atoms. The monoisotopic (exact) mass is 509 g/mol. The predicted octanol–water partition coefficient (Wildman–Crippen LogP) is 5.32. The molecule has 0 spiro atoms. The van der Waals surface area contributed by atoms with Crippen molar-refractivity contribution < 1.29 is 13.2 Å². The van der Waals surface area contributed by atoms with Crippen LogP contribution in [-0.4, -0.2) is 31.7 Å². The first kappa shape index (κ1) is 24.1. The predicted molar refractivity (Wildman–Crippen MR) is 128 cm³/mol. The molecule has 2 amide bonds. The Morgan fingerprint density at radius 2 is 1.47 bits per heavy atom. The van der Waals surface area contributed by atoms with Crippen LogP contribution in [-0.2, 0) is 10.0 Å². The number of rotatable bonds is 4. The van der Waals surface area contributed by atoms with Gasteiger partial charge in [0.25, 0.3) is 10.0 Å². The first-order valence-corrected chi connectivity index (χ1v) is 11.6. The summed E-state index contributed by atoms with van der Waals surface area (Å²) in [6, 6.07) is 21.5. The van der Waals surface area contributed by atoms with Crippen LogP contribution in [0.3, 0.4) is 0 Å². The van der Waals surface area contributed by atoms with E-state index >= 15 is 0 Å². The molecule has 6 nitrogen and oxygen atoms in total. The summed E-state index contributed by atoms with van der Waals surface area (Å²) in [7, 11) is -4.07. The van der Waals surface area contributed by atoms with Gasteiger partial charge in [-0.15, -0.1) is 12.4 Å². The summed E-state index contributed by atoms with van der Waals surface area (Å²) in [6.07, 6.45) is 0. The van der Waals surface area contributed by atoms with Crippen LogP contribution in [0.25, 0.3) is 0 Å². The van der Waals surface area contributed by atoms with Gasteiger partial charge < -0.3 is 0 Å². The molecule has 3 aromatic rings. The van der Waals surface area contributed by atoms with E-state index < -0.39 is 16.1 Å². The molecular weight excluding hydrogens is 493 g/mol. The smallest absolute Gasteiger partial charge is 0.246 e. The average Bonchev–Trinajstić information content (AvgIpc) is 3.21. The third kappa shape index (κ3) is 5.24. The molecular formula is C22H18Cl3N3O3S. The molecule has 0 aromatic heterocycles. The minimum Gasteiger partial charge on any atom is -0.246 e. The summed E-state index contributed by atoms with van der Waals surface area (Å²) in [6.45, 7) is 0.198. The van der Waals surface area contributed by atoms with Crippen LogP contribution in [0.2, 0.25) is 10.0 Å². The third-order valence-electron chi connectivity index (χ3n) is 4.84. The van der Waals surface area contributed by atoms with Crippen molar-refractivity contribution in [1.82, 2.24) is 9.73 Å². The molecule has 0 saturated carbocycles. The Balaban J connectivity index is 0.00000289.